The Kier molecular flexibility index (Phi) is 8.52. The number of fused-ring (bicyclic) bond motifs is 3. The summed E-state index contributed by atoms with van der Waals surface area (Å²) >= 11 is 0. The summed E-state index contributed by atoms with van der Waals surface area (Å²) in [6.45, 7) is 5.27. The number of rotatable bonds is 9. The highest BCUT2D eigenvalue weighted by atomic mass is 16.6. The van der Waals surface area contributed by atoms with Crippen molar-refractivity contribution in [2.45, 2.75) is 44.8 Å². The first-order valence-electron chi connectivity index (χ1n) is 11.6. The lowest BCUT2D eigenvalue weighted by Crippen LogP contribution is -2.49. The molecule has 0 heterocycles. The third-order valence-electron chi connectivity index (χ3n) is 5.42. The van der Waals surface area contributed by atoms with Crippen LogP contribution in [0.25, 0.3) is 11.1 Å². The fraction of sp³-hybridized carbons (Fsp3) is 0.385. The Labute approximate surface area is 209 Å². The fourth-order valence-electron chi connectivity index (χ4n) is 3.95. The number of carbonyl (C=O) groups is 4. The van der Waals surface area contributed by atoms with Gasteiger partial charge in [-0.1, -0.05) is 48.5 Å². The third kappa shape index (κ3) is 7.21. The first kappa shape index (κ1) is 26.5. The van der Waals surface area contributed by atoms with Gasteiger partial charge in [0.05, 0.1) is 6.42 Å². The maximum atomic E-state index is 12.5. The summed E-state index contributed by atoms with van der Waals surface area (Å²) in [6, 6.07) is 14.4. The Hall–Kier alpha value is -4.08. The van der Waals surface area contributed by atoms with Gasteiger partial charge in [-0.15, -0.1) is 0 Å². The van der Waals surface area contributed by atoms with Crippen molar-refractivity contribution < 1.29 is 33.8 Å². The SMILES string of the molecule is CC(C)(C)OC(=O)NCCNC(=O)C(CC(=O)O)NC(=O)OCC1c2ccccc2-c2ccccc21. The number of aliphatic carboxylic acids is 1. The molecule has 0 aromatic heterocycles. The minimum absolute atomic E-state index is 0.0144. The Balaban J connectivity index is 1.53. The topological polar surface area (TPSA) is 143 Å². The molecule has 10 heteroatoms. The summed E-state index contributed by atoms with van der Waals surface area (Å²) in [5, 5.41) is 16.5. The second kappa shape index (κ2) is 11.6. The average molecular weight is 498 g/mol. The van der Waals surface area contributed by atoms with Gasteiger partial charge < -0.3 is 30.5 Å². The van der Waals surface area contributed by atoms with Crippen molar-refractivity contribution in [3.05, 3.63) is 59.7 Å². The van der Waals surface area contributed by atoms with E-state index in [2.05, 4.69) is 16.0 Å². The zero-order valence-corrected chi connectivity index (χ0v) is 20.5. The van der Waals surface area contributed by atoms with E-state index in [1.807, 2.05) is 48.5 Å². The van der Waals surface area contributed by atoms with Crippen molar-refractivity contribution in [1.82, 2.24) is 16.0 Å². The first-order valence-corrected chi connectivity index (χ1v) is 11.6. The molecule has 0 fully saturated rings. The molecule has 2 aromatic rings. The largest absolute Gasteiger partial charge is 0.481 e. The lowest BCUT2D eigenvalue weighted by atomic mass is 9.98. The average Bonchev–Trinajstić information content (AvgIpc) is 3.12. The van der Waals surface area contributed by atoms with Crippen molar-refractivity contribution in [1.29, 1.82) is 0 Å². The van der Waals surface area contributed by atoms with E-state index in [-0.39, 0.29) is 25.6 Å². The van der Waals surface area contributed by atoms with E-state index >= 15 is 0 Å². The third-order valence-corrected chi connectivity index (χ3v) is 5.42. The van der Waals surface area contributed by atoms with E-state index in [0.717, 1.165) is 22.3 Å². The van der Waals surface area contributed by atoms with Crippen LogP contribution in [0.3, 0.4) is 0 Å². The second-order valence-corrected chi connectivity index (χ2v) is 9.34. The molecule has 10 nitrogen and oxygen atoms in total. The number of ether oxygens (including phenoxy) is 2. The van der Waals surface area contributed by atoms with Gasteiger partial charge in [-0.2, -0.15) is 0 Å². The van der Waals surface area contributed by atoms with Crippen LogP contribution in [-0.4, -0.2) is 60.5 Å². The van der Waals surface area contributed by atoms with Crippen LogP contribution in [-0.2, 0) is 19.1 Å². The van der Waals surface area contributed by atoms with Gasteiger partial charge in [0.25, 0.3) is 0 Å². The van der Waals surface area contributed by atoms with E-state index in [9.17, 15) is 24.3 Å². The van der Waals surface area contributed by atoms with Gasteiger partial charge in [0.1, 0.15) is 18.2 Å². The second-order valence-electron chi connectivity index (χ2n) is 9.34. The molecule has 0 radical (unpaired) electrons. The molecule has 0 saturated carbocycles. The lowest BCUT2D eigenvalue weighted by Gasteiger charge is -2.20. The standard InChI is InChI=1S/C26H31N3O7/c1-26(2,3)36-24(33)28-13-12-27-23(32)21(14-22(30)31)29-25(34)35-15-20-18-10-6-4-8-16(18)17-9-5-7-11-19(17)20/h4-11,20-21H,12-15H2,1-3H3,(H,27,32)(H,28,33)(H,29,34)(H,30,31). The summed E-state index contributed by atoms with van der Waals surface area (Å²) < 4.78 is 10.5. The molecule has 1 aliphatic rings. The molecule has 36 heavy (non-hydrogen) atoms. The molecule has 1 aliphatic carbocycles. The van der Waals surface area contributed by atoms with Crippen LogP contribution in [0.5, 0.6) is 0 Å². The molecule has 3 amide bonds. The predicted molar refractivity (Wildman–Crippen MR) is 131 cm³/mol. The smallest absolute Gasteiger partial charge is 0.407 e. The van der Waals surface area contributed by atoms with Crippen LogP contribution >= 0.6 is 0 Å². The van der Waals surface area contributed by atoms with Gasteiger partial charge in [0.15, 0.2) is 0 Å². The van der Waals surface area contributed by atoms with E-state index in [4.69, 9.17) is 9.47 Å². The molecule has 0 bridgehead atoms. The van der Waals surface area contributed by atoms with Gasteiger partial charge in [0.2, 0.25) is 5.91 Å². The zero-order valence-electron chi connectivity index (χ0n) is 20.5. The number of benzene rings is 2. The number of carboxylic acids is 1. The molecule has 0 spiro atoms. The first-order chi connectivity index (χ1) is 17.0. The Morgan fingerprint density at radius 3 is 2.00 bits per heavy atom. The van der Waals surface area contributed by atoms with Crippen LogP contribution in [0, 0.1) is 0 Å². The monoisotopic (exact) mass is 497 g/mol. The molecule has 0 saturated heterocycles. The Bertz CT molecular complexity index is 1080. The van der Waals surface area contributed by atoms with Crippen LogP contribution in [0.2, 0.25) is 0 Å². The number of hydrogen-bond donors (Lipinski definition) is 4. The number of hydrogen-bond acceptors (Lipinski definition) is 6. The van der Waals surface area contributed by atoms with Crippen LogP contribution < -0.4 is 16.0 Å². The van der Waals surface area contributed by atoms with Crippen LogP contribution in [0.1, 0.15) is 44.2 Å². The molecule has 2 aromatic carbocycles. The number of carbonyl (C=O) groups excluding carboxylic acids is 3. The zero-order chi connectivity index (χ0) is 26.3. The minimum Gasteiger partial charge on any atom is -0.481 e. The van der Waals surface area contributed by atoms with Gasteiger partial charge in [0, 0.05) is 19.0 Å². The summed E-state index contributed by atoms with van der Waals surface area (Å²) in [6.07, 6.45) is -2.17. The van der Waals surface area contributed by atoms with Gasteiger partial charge >= 0.3 is 18.2 Å². The molecule has 1 unspecified atom stereocenters. The van der Waals surface area contributed by atoms with E-state index in [1.54, 1.807) is 20.8 Å². The maximum Gasteiger partial charge on any atom is 0.407 e. The molecule has 192 valence electrons. The van der Waals surface area contributed by atoms with Crippen LogP contribution in [0.15, 0.2) is 48.5 Å². The normalized spacial score (nSPS) is 13.1. The van der Waals surface area contributed by atoms with Gasteiger partial charge in [-0.25, -0.2) is 9.59 Å². The number of nitrogens with one attached hydrogen (secondary N) is 3. The van der Waals surface area contributed by atoms with Crippen molar-refractivity contribution in [2.24, 2.45) is 0 Å². The van der Waals surface area contributed by atoms with E-state index in [0.29, 0.717) is 0 Å². The predicted octanol–water partition coefficient (Wildman–Crippen LogP) is 3.01. The number of amides is 3. The highest BCUT2D eigenvalue weighted by Crippen LogP contribution is 2.44. The molecule has 1 atom stereocenters. The number of carboxylic acid groups (broad SMARTS) is 1. The van der Waals surface area contributed by atoms with Crippen molar-refractivity contribution >= 4 is 24.1 Å². The van der Waals surface area contributed by atoms with Crippen molar-refractivity contribution in [3.63, 3.8) is 0 Å². The molecular weight excluding hydrogens is 466 g/mol. The summed E-state index contributed by atoms with van der Waals surface area (Å²) in [4.78, 5) is 47.9. The minimum atomic E-state index is -1.35. The molecular formula is C26H31N3O7. The number of alkyl carbamates (subject to hydrolysis) is 2. The summed E-state index contributed by atoms with van der Waals surface area (Å²) in [5.74, 6) is -2.15. The van der Waals surface area contributed by atoms with Crippen LogP contribution in [0.4, 0.5) is 9.59 Å². The van der Waals surface area contributed by atoms with E-state index in [1.165, 1.54) is 0 Å². The molecule has 3 rings (SSSR count). The Morgan fingerprint density at radius 2 is 1.44 bits per heavy atom. The Morgan fingerprint density at radius 1 is 0.889 bits per heavy atom. The fourth-order valence-corrected chi connectivity index (χ4v) is 3.95. The van der Waals surface area contributed by atoms with Crippen molar-refractivity contribution in [2.75, 3.05) is 19.7 Å². The van der Waals surface area contributed by atoms with Crippen molar-refractivity contribution in [3.8, 4) is 11.1 Å². The maximum absolute atomic E-state index is 12.5. The highest BCUT2D eigenvalue weighted by Gasteiger charge is 2.30. The lowest BCUT2D eigenvalue weighted by molar-refractivity contribution is -0.139. The summed E-state index contributed by atoms with van der Waals surface area (Å²) in [7, 11) is 0. The van der Waals surface area contributed by atoms with Gasteiger partial charge in [-0.3, -0.25) is 9.59 Å². The highest BCUT2D eigenvalue weighted by molar-refractivity contribution is 5.89. The summed E-state index contributed by atoms with van der Waals surface area (Å²) in [5.41, 5.74) is 3.55. The quantitative estimate of drug-likeness (QED) is 0.390. The molecule has 0 aliphatic heterocycles. The molecule has 4 N–H and O–H groups in total. The van der Waals surface area contributed by atoms with E-state index < -0.39 is 42.1 Å². The van der Waals surface area contributed by atoms with Gasteiger partial charge in [-0.05, 0) is 43.0 Å².